The number of amides is 1. The van der Waals surface area contributed by atoms with Gasteiger partial charge in [0.1, 0.15) is 5.75 Å². The molecule has 0 radical (unpaired) electrons. The maximum absolute atomic E-state index is 12.4. The zero-order chi connectivity index (χ0) is 17.1. The normalized spacial score (nSPS) is 12.1. The van der Waals surface area contributed by atoms with Gasteiger partial charge in [0.15, 0.2) is 5.16 Å². The van der Waals surface area contributed by atoms with Gasteiger partial charge in [0.2, 0.25) is 5.91 Å². The first-order valence-electron chi connectivity index (χ1n) is 7.63. The minimum Gasteiger partial charge on any atom is -0.497 e. The number of aryl methyl sites for hydroxylation is 1. The Morgan fingerprint density at radius 1 is 1.29 bits per heavy atom. The predicted octanol–water partition coefficient (Wildman–Crippen LogP) is 4.00. The smallest absolute Gasteiger partial charge is 0.237 e. The number of thioether (sulfide) groups is 1. The molecule has 3 aromatic rings. The van der Waals surface area contributed by atoms with Crippen molar-refractivity contribution in [3.63, 3.8) is 0 Å². The number of carbonyl (C=O) groups excluding carboxylic acids is 1. The summed E-state index contributed by atoms with van der Waals surface area (Å²) in [6.45, 7) is 3.84. The fourth-order valence-corrected chi connectivity index (χ4v) is 3.14. The minimum atomic E-state index is -0.271. The second kappa shape index (κ2) is 6.97. The quantitative estimate of drug-likeness (QED) is 0.688. The summed E-state index contributed by atoms with van der Waals surface area (Å²) >= 11 is 1.40. The third-order valence-corrected chi connectivity index (χ3v) is 4.71. The Kier molecular flexibility index (Phi) is 4.76. The van der Waals surface area contributed by atoms with Crippen LogP contribution in [0.15, 0.2) is 47.6 Å². The highest BCUT2D eigenvalue weighted by atomic mass is 32.2. The molecule has 1 heterocycles. The van der Waals surface area contributed by atoms with Crippen LogP contribution in [0.4, 0.5) is 5.69 Å². The summed E-state index contributed by atoms with van der Waals surface area (Å²) in [5, 5.41) is 3.40. The number of aromatic nitrogens is 2. The van der Waals surface area contributed by atoms with E-state index in [0.29, 0.717) is 5.16 Å². The number of nitrogens with zero attached hydrogens (tertiary/aromatic N) is 1. The van der Waals surface area contributed by atoms with E-state index in [1.54, 1.807) is 7.11 Å². The number of methoxy groups -OCH3 is 1. The molecule has 2 N–H and O–H groups in total. The first-order chi connectivity index (χ1) is 11.6. The van der Waals surface area contributed by atoms with Crippen LogP contribution in [0, 0.1) is 6.92 Å². The molecule has 0 unspecified atom stereocenters. The van der Waals surface area contributed by atoms with E-state index in [1.165, 1.54) is 11.8 Å². The Morgan fingerprint density at radius 3 is 2.83 bits per heavy atom. The molecule has 1 aromatic heterocycles. The molecule has 0 saturated heterocycles. The fraction of sp³-hybridized carbons (Fsp3) is 0.222. The first kappa shape index (κ1) is 16.4. The maximum Gasteiger partial charge on any atom is 0.237 e. The van der Waals surface area contributed by atoms with Gasteiger partial charge in [0, 0.05) is 11.8 Å². The lowest BCUT2D eigenvalue weighted by atomic mass is 10.2. The molecule has 0 aliphatic rings. The number of anilines is 1. The average Bonchev–Trinajstić information content (AvgIpc) is 2.97. The minimum absolute atomic E-state index is 0.0488. The van der Waals surface area contributed by atoms with Crippen LogP contribution in [0.1, 0.15) is 12.5 Å². The van der Waals surface area contributed by atoms with Crippen LogP contribution < -0.4 is 10.1 Å². The lowest BCUT2D eigenvalue weighted by molar-refractivity contribution is -0.115. The van der Waals surface area contributed by atoms with Gasteiger partial charge in [-0.05, 0) is 37.6 Å². The number of H-pyrrole nitrogens is 1. The number of benzene rings is 2. The van der Waals surface area contributed by atoms with Gasteiger partial charge in [-0.3, -0.25) is 4.79 Å². The highest BCUT2D eigenvalue weighted by molar-refractivity contribution is 8.00. The standard InChI is InChI=1S/C18H19N3O2S/c1-11-6-4-5-7-14(11)19-17(22)12(2)24-18-20-15-9-8-13(23-3)10-16(15)21-18/h4-10,12H,1-3H3,(H,19,22)(H,20,21)/t12-/m0/s1. The molecular weight excluding hydrogens is 322 g/mol. The molecule has 0 bridgehead atoms. The number of imidazole rings is 1. The molecule has 0 aliphatic heterocycles. The number of fused-ring (bicyclic) bond motifs is 1. The molecule has 5 nitrogen and oxygen atoms in total. The molecule has 0 saturated carbocycles. The van der Waals surface area contributed by atoms with Gasteiger partial charge in [-0.1, -0.05) is 30.0 Å². The predicted molar refractivity (Wildman–Crippen MR) is 97.8 cm³/mol. The van der Waals surface area contributed by atoms with Crippen LogP contribution in [0.2, 0.25) is 0 Å². The maximum atomic E-state index is 12.4. The number of carbonyl (C=O) groups is 1. The SMILES string of the molecule is COc1ccc2nc(S[C@@H](C)C(=O)Nc3ccccc3C)[nH]c2c1. The third-order valence-electron chi connectivity index (χ3n) is 3.73. The molecule has 1 atom stereocenters. The third kappa shape index (κ3) is 3.54. The molecule has 0 spiro atoms. The molecule has 24 heavy (non-hydrogen) atoms. The molecule has 0 aliphatic carbocycles. The van der Waals surface area contributed by atoms with Crippen molar-refractivity contribution in [1.29, 1.82) is 0 Å². The van der Waals surface area contributed by atoms with Crippen molar-refractivity contribution in [1.82, 2.24) is 9.97 Å². The summed E-state index contributed by atoms with van der Waals surface area (Å²) in [5.41, 5.74) is 3.62. The largest absolute Gasteiger partial charge is 0.497 e. The van der Waals surface area contributed by atoms with E-state index in [4.69, 9.17) is 4.74 Å². The highest BCUT2D eigenvalue weighted by Crippen LogP contribution is 2.26. The number of nitrogens with one attached hydrogen (secondary N) is 2. The van der Waals surface area contributed by atoms with Crippen LogP contribution in [0.25, 0.3) is 11.0 Å². The number of aromatic amines is 1. The van der Waals surface area contributed by atoms with Crippen LogP contribution in [0.5, 0.6) is 5.75 Å². The van der Waals surface area contributed by atoms with Gasteiger partial charge >= 0.3 is 0 Å². The van der Waals surface area contributed by atoms with Crippen LogP contribution >= 0.6 is 11.8 Å². The van der Waals surface area contributed by atoms with Crippen molar-refractivity contribution in [2.45, 2.75) is 24.3 Å². The number of ether oxygens (including phenoxy) is 1. The lowest BCUT2D eigenvalue weighted by Gasteiger charge is -2.12. The van der Waals surface area contributed by atoms with Crippen molar-refractivity contribution in [3.8, 4) is 5.75 Å². The zero-order valence-electron chi connectivity index (χ0n) is 13.8. The Bertz CT molecular complexity index is 876. The van der Waals surface area contributed by atoms with Crippen molar-refractivity contribution < 1.29 is 9.53 Å². The average molecular weight is 341 g/mol. The molecule has 6 heteroatoms. The van der Waals surface area contributed by atoms with Crippen molar-refractivity contribution >= 4 is 34.4 Å². The Labute approximate surface area is 144 Å². The van der Waals surface area contributed by atoms with Crippen LogP contribution in [-0.2, 0) is 4.79 Å². The molecule has 1 amide bonds. The van der Waals surface area contributed by atoms with Gasteiger partial charge in [-0.15, -0.1) is 0 Å². The van der Waals surface area contributed by atoms with Crippen molar-refractivity contribution in [2.75, 3.05) is 12.4 Å². The topological polar surface area (TPSA) is 67.0 Å². The van der Waals surface area contributed by atoms with Crippen molar-refractivity contribution in [2.24, 2.45) is 0 Å². The van der Waals surface area contributed by atoms with E-state index < -0.39 is 0 Å². The van der Waals surface area contributed by atoms with E-state index in [2.05, 4.69) is 15.3 Å². The van der Waals surface area contributed by atoms with Gasteiger partial charge < -0.3 is 15.0 Å². The number of hydrogen-bond donors (Lipinski definition) is 2. The fourth-order valence-electron chi connectivity index (χ4n) is 2.32. The van der Waals surface area contributed by atoms with E-state index in [1.807, 2.05) is 56.3 Å². The second-order valence-corrected chi connectivity index (χ2v) is 6.82. The van der Waals surface area contributed by atoms with Crippen molar-refractivity contribution in [3.05, 3.63) is 48.0 Å². The highest BCUT2D eigenvalue weighted by Gasteiger charge is 2.17. The molecule has 2 aromatic carbocycles. The second-order valence-electron chi connectivity index (χ2n) is 5.49. The first-order valence-corrected chi connectivity index (χ1v) is 8.51. The summed E-state index contributed by atoms with van der Waals surface area (Å²) in [6, 6.07) is 13.4. The number of hydrogen-bond acceptors (Lipinski definition) is 4. The van der Waals surface area contributed by atoms with Gasteiger partial charge in [0.25, 0.3) is 0 Å². The van der Waals surface area contributed by atoms with E-state index >= 15 is 0 Å². The summed E-state index contributed by atoms with van der Waals surface area (Å²) in [7, 11) is 1.63. The summed E-state index contributed by atoms with van der Waals surface area (Å²) < 4.78 is 5.21. The molecule has 3 rings (SSSR count). The Hall–Kier alpha value is -2.47. The Balaban J connectivity index is 1.71. The summed E-state index contributed by atoms with van der Waals surface area (Å²) in [6.07, 6.45) is 0. The molecule has 124 valence electrons. The summed E-state index contributed by atoms with van der Waals surface area (Å²) in [4.78, 5) is 20.1. The van der Waals surface area contributed by atoms with Crippen LogP contribution in [0.3, 0.4) is 0 Å². The van der Waals surface area contributed by atoms with Gasteiger partial charge in [-0.2, -0.15) is 0 Å². The molecular formula is C18H19N3O2S. The zero-order valence-corrected chi connectivity index (χ0v) is 14.6. The monoisotopic (exact) mass is 341 g/mol. The van der Waals surface area contributed by atoms with Gasteiger partial charge in [-0.25, -0.2) is 4.98 Å². The van der Waals surface area contributed by atoms with Gasteiger partial charge in [0.05, 0.1) is 23.4 Å². The summed E-state index contributed by atoms with van der Waals surface area (Å²) in [5.74, 6) is 0.723. The number of para-hydroxylation sites is 1. The number of rotatable bonds is 5. The Morgan fingerprint density at radius 2 is 2.08 bits per heavy atom. The van der Waals surface area contributed by atoms with E-state index in [-0.39, 0.29) is 11.2 Å². The molecule has 0 fully saturated rings. The van der Waals surface area contributed by atoms with E-state index in [0.717, 1.165) is 28.0 Å². The van der Waals surface area contributed by atoms with Crippen LogP contribution in [-0.4, -0.2) is 28.2 Å². The van der Waals surface area contributed by atoms with E-state index in [9.17, 15) is 4.79 Å². The lowest BCUT2D eigenvalue weighted by Crippen LogP contribution is -2.22.